The predicted molar refractivity (Wildman–Crippen MR) is 119 cm³/mol. The van der Waals surface area contributed by atoms with Gasteiger partial charge < -0.3 is 19.8 Å². The Bertz CT molecular complexity index is 613. The third-order valence-electron chi connectivity index (χ3n) is 5.28. The van der Waals surface area contributed by atoms with Crippen LogP contribution in [0.4, 0.5) is 4.79 Å². The number of nitrogens with one attached hydrogen (secondary N) is 2. The van der Waals surface area contributed by atoms with E-state index in [2.05, 4.69) is 44.5 Å². The van der Waals surface area contributed by atoms with Gasteiger partial charge in [0.2, 0.25) is 5.91 Å². The van der Waals surface area contributed by atoms with Crippen LogP contribution in [0.1, 0.15) is 54.9 Å². The van der Waals surface area contributed by atoms with Crippen molar-refractivity contribution in [1.82, 2.24) is 10.6 Å². The summed E-state index contributed by atoms with van der Waals surface area (Å²) < 4.78 is 11.5. The first kappa shape index (κ1) is 26.0. The normalized spacial score (nSPS) is 21.1. The number of rotatable bonds is 8. The van der Waals surface area contributed by atoms with Crippen molar-refractivity contribution < 1.29 is 23.5 Å². The first-order chi connectivity index (χ1) is 13.0. The molecule has 1 fully saturated rings. The second-order valence-corrected chi connectivity index (χ2v) is 16.0. The van der Waals surface area contributed by atoms with Crippen molar-refractivity contribution in [3.8, 4) is 0 Å². The van der Waals surface area contributed by atoms with Gasteiger partial charge in [-0.1, -0.05) is 32.5 Å². The Balaban J connectivity index is 2.42. The van der Waals surface area contributed by atoms with Gasteiger partial charge in [-0.3, -0.25) is 9.59 Å². The van der Waals surface area contributed by atoms with Crippen molar-refractivity contribution in [3.05, 3.63) is 0 Å². The summed E-state index contributed by atoms with van der Waals surface area (Å²) in [7, 11) is -1.99. The number of β-lactam (4-membered cyclic amide) rings is 1. The lowest BCUT2D eigenvalue weighted by Crippen LogP contribution is -2.64. The molecule has 1 saturated heterocycles. The molecule has 1 aliphatic rings. The summed E-state index contributed by atoms with van der Waals surface area (Å²) in [5, 5.41) is 5.52. The molecule has 1 rings (SSSR count). The van der Waals surface area contributed by atoms with Crippen LogP contribution in [0.5, 0.6) is 0 Å². The summed E-state index contributed by atoms with van der Waals surface area (Å²) in [6.07, 6.45) is -0.451. The third kappa shape index (κ3) is 8.30. The summed E-state index contributed by atoms with van der Waals surface area (Å²) in [6.45, 7) is 18.5. The number of carbonyl (C=O) groups excluding carboxylic acids is 3. The lowest BCUT2D eigenvalue weighted by Gasteiger charge is -2.45. The van der Waals surface area contributed by atoms with E-state index < -0.39 is 20.0 Å². The molecule has 0 aliphatic carbocycles. The fourth-order valence-corrected chi connectivity index (χ4v) is 4.92. The van der Waals surface area contributed by atoms with E-state index in [0.29, 0.717) is 12.3 Å². The highest BCUT2D eigenvalue weighted by Crippen LogP contribution is 2.39. The number of carbonyl (C=O) groups is 3. The molecular weight excluding hydrogens is 408 g/mol. The average Bonchev–Trinajstić information content (AvgIpc) is 2.47. The SMILES string of the molecule is C[C@@H](O[Si](C)(C)C(C)(C)C)[C@H]1C(=O)N[C@@H]1CC(=O)SCCNC(=O)OC(C)(C)C. The molecule has 9 heteroatoms. The lowest BCUT2D eigenvalue weighted by molar-refractivity contribution is -0.140. The summed E-state index contributed by atoms with van der Waals surface area (Å²) in [6, 6.07) is -0.193. The molecule has 0 spiro atoms. The van der Waals surface area contributed by atoms with E-state index in [9.17, 15) is 14.4 Å². The number of hydrogen-bond donors (Lipinski definition) is 2. The van der Waals surface area contributed by atoms with Gasteiger partial charge in [0, 0.05) is 18.7 Å². The molecule has 1 aliphatic heterocycles. The van der Waals surface area contributed by atoms with E-state index in [-0.39, 0.29) is 40.5 Å². The number of ether oxygens (including phenoxy) is 1. The van der Waals surface area contributed by atoms with Gasteiger partial charge in [0.25, 0.3) is 0 Å². The second kappa shape index (κ2) is 9.83. The highest BCUT2D eigenvalue weighted by atomic mass is 32.2. The molecule has 3 atom stereocenters. The van der Waals surface area contributed by atoms with Gasteiger partial charge in [-0.25, -0.2) is 4.79 Å². The molecule has 0 aromatic carbocycles. The average molecular weight is 447 g/mol. The number of hydrogen-bond acceptors (Lipinski definition) is 6. The highest BCUT2D eigenvalue weighted by Gasteiger charge is 2.47. The Morgan fingerprint density at radius 2 is 1.79 bits per heavy atom. The van der Waals surface area contributed by atoms with Gasteiger partial charge in [0.1, 0.15) is 5.60 Å². The maximum absolute atomic E-state index is 12.3. The molecule has 0 aromatic heterocycles. The Hall–Kier alpha value is -1.06. The van der Waals surface area contributed by atoms with Crippen molar-refractivity contribution in [1.29, 1.82) is 0 Å². The van der Waals surface area contributed by atoms with Crippen LogP contribution in [0.2, 0.25) is 18.1 Å². The summed E-state index contributed by atoms with van der Waals surface area (Å²) in [5.74, 6) is 0.110. The first-order valence-electron chi connectivity index (χ1n) is 10.1. The van der Waals surface area contributed by atoms with Crippen molar-refractivity contribution >= 4 is 37.2 Å². The lowest BCUT2D eigenvalue weighted by atomic mass is 9.84. The Morgan fingerprint density at radius 3 is 2.28 bits per heavy atom. The summed E-state index contributed by atoms with van der Waals surface area (Å²) in [5.41, 5.74) is -0.548. The van der Waals surface area contributed by atoms with Gasteiger partial charge in [-0.05, 0) is 45.8 Å². The van der Waals surface area contributed by atoms with E-state index >= 15 is 0 Å². The molecule has 0 aromatic rings. The van der Waals surface area contributed by atoms with Crippen LogP contribution in [0.25, 0.3) is 0 Å². The highest BCUT2D eigenvalue weighted by molar-refractivity contribution is 8.13. The monoisotopic (exact) mass is 446 g/mol. The Morgan fingerprint density at radius 1 is 1.21 bits per heavy atom. The van der Waals surface area contributed by atoms with Crippen molar-refractivity contribution in [3.63, 3.8) is 0 Å². The Labute approximate surface area is 180 Å². The van der Waals surface area contributed by atoms with Crippen LogP contribution in [-0.2, 0) is 18.8 Å². The molecule has 0 saturated carbocycles. The van der Waals surface area contributed by atoms with Gasteiger partial charge in [0.05, 0.1) is 18.1 Å². The quantitative estimate of drug-likeness (QED) is 0.335. The standard InChI is InChI=1S/C20H38N2O5SSi/c1-13(27-29(8,9)20(5,6)7)16-14(22-17(16)24)12-15(23)28-11-10-21-18(25)26-19(2,3)4/h13-14,16H,10-12H2,1-9H3,(H,21,25)(H,22,24)/t13-,14-,16-/m1/s1. The minimum atomic E-state index is -1.99. The Kier molecular flexibility index (Phi) is 8.80. The minimum Gasteiger partial charge on any atom is -0.444 e. The van der Waals surface area contributed by atoms with E-state index in [0.717, 1.165) is 11.8 Å². The van der Waals surface area contributed by atoms with Crippen LogP contribution in [0.15, 0.2) is 0 Å². The zero-order valence-corrected chi connectivity index (χ0v) is 21.1. The largest absolute Gasteiger partial charge is 0.444 e. The van der Waals surface area contributed by atoms with E-state index in [4.69, 9.17) is 9.16 Å². The first-order valence-corrected chi connectivity index (χ1v) is 14.0. The molecule has 168 valence electrons. The van der Waals surface area contributed by atoms with Gasteiger partial charge in [-0.15, -0.1) is 0 Å². The van der Waals surface area contributed by atoms with Crippen molar-refractivity contribution in [2.24, 2.45) is 5.92 Å². The fraction of sp³-hybridized carbons (Fsp3) is 0.850. The summed E-state index contributed by atoms with van der Waals surface area (Å²) in [4.78, 5) is 36.0. The molecule has 0 unspecified atom stereocenters. The van der Waals surface area contributed by atoms with E-state index in [1.54, 1.807) is 20.8 Å². The summed E-state index contributed by atoms with van der Waals surface area (Å²) >= 11 is 1.15. The molecule has 1 heterocycles. The third-order valence-corrected chi connectivity index (χ3v) is 10.7. The van der Waals surface area contributed by atoms with Crippen molar-refractivity contribution in [2.45, 2.75) is 90.8 Å². The zero-order chi connectivity index (χ0) is 22.6. The fourth-order valence-electron chi connectivity index (χ4n) is 2.76. The van der Waals surface area contributed by atoms with E-state index in [1.165, 1.54) is 0 Å². The van der Waals surface area contributed by atoms with Gasteiger partial charge in [0.15, 0.2) is 13.4 Å². The minimum absolute atomic E-state index is 0.00878. The number of alkyl carbamates (subject to hydrolysis) is 1. The van der Waals surface area contributed by atoms with Gasteiger partial charge in [-0.2, -0.15) is 0 Å². The zero-order valence-electron chi connectivity index (χ0n) is 19.3. The number of amides is 2. The molecule has 2 amide bonds. The molecule has 7 nitrogen and oxygen atoms in total. The maximum atomic E-state index is 12.3. The predicted octanol–water partition coefficient (Wildman–Crippen LogP) is 3.69. The van der Waals surface area contributed by atoms with Crippen LogP contribution >= 0.6 is 11.8 Å². The topological polar surface area (TPSA) is 93.7 Å². The molecule has 0 radical (unpaired) electrons. The van der Waals surface area contributed by atoms with Crippen molar-refractivity contribution in [2.75, 3.05) is 12.3 Å². The van der Waals surface area contributed by atoms with Crippen LogP contribution < -0.4 is 10.6 Å². The number of thioether (sulfide) groups is 1. The van der Waals surface area contributed by atoms with E-state index in [1.807, 2.05) is 6.92 Å². The van der Waals surface area contributed by atoms with Crippen LogP contribution in [0.3, 0.4) is 0 Å². The van der Waals surface area contributed by atoms with Gasteiger partial charge >= 0.3 is 6.09 Å². The van der Waals surface area contributed by atoms with Crippen LogP contribution in [-0.4, -0.2) is 55.5 Å². The molecule has 29 heavy (non-hydrogen) atoms. The maximum Gasteiger partial charge on any atom is 0.407 e. The smallest absolute Gasteiger partial charge is 0.407 e. The van der Waals surface area contributed by atoms with Crippen LogP contribution in [0, 0.1) is 5.92 Å². The molecule has 2 N–H and O–H groups in total. The molecular formula is C20H38N2O5SSi. The molecule has 0 bridgehead atoms. The second-order valence-electron chi connectivity index (χ2n) is 10.1.